The molecule has 0 bridgehead atoms. The number of carbonyl (C=O) groups is 12. The number of aromatic nitrogens is 1. The van der Waals surface area contributed by atoms with Crippen molar-refractivity contribution in [3.63, 3.8) is 0 Å². The number of hydrogen-bond acceptors (Lipinski definition) is 21. The number of unbranched alkanes of at least 4 members (excludes halogenated alkanes) is 1. The van der Waals surface area contributed by atoms with Gasteiger partial charge in [0, 0.05) is 80.3 Å². The Morgan fingerprint density at radius 2 is 0.949 bits per heavy atom. The third-order valence-corrected chi connectivity index (χ3v) is 22.2. The van der Waals surface area contributed by atoms with Crippen molar-refractivity contribution >= 4 is 103 Å². The van der Waals surface area contributed by atoms with Gasteiger partial charge in [0.1, 0.15) is 72.2 Å². The van der Waals surface area contributed by atoms with Gasteiger partial charge in [0.2, 0.25) is 65.0 Å². The van der Waals surface area contributed by atoms with Gasteiger partial charge in [-0.05, 0) is 103 Å². The minimum absolute atomic E-state index is 0.0529. The number of carbonyl (C=O) groups excluding carboxylic acids is 11. The Bertz CT molecular complexity index is 4510. The molecule has 34 heteroatoms. The molecule has 21 N–H and O–H groups in total. The predicted molar refractivity (Wildman–Crippen MR) is 446 cm³/mol. The molecular formula is C84H107N15O17S2. The van der Waals surface area contributed by atoms with Gasteiger partial charge in [-0.1, -0.05) is 181 Å². The normalized spacial score (nSPS) is 22.7. The van der Waals surface area contributed by atoms with Crippen LogP contribution >= 0.6 is 21.6 Å². The first kappa shape index (κ1) is 92.3. The van der Waals surface area contributed by atoms with Crippen LogP contribution in [0.5, 0.6) is 5.75 Å². The van der Waals surface area contributed by atoms with Crippen LogP contribution in [0, 0.1) is 0 Å². The Morgan fingerprint density at radius 3 is 1.47 bits per heavy atom. The molecular weight excluding hydrogens is 1560 g/mol. The van der Waals surface area contributed by atoms with Gasteiger partial charge in [-0.2, -0.15) is 0 Å². The van der Waals surface area contributed by atoms with E-state index in [-0.39, 0.29) is 75.5 Å². The summed E-state index contributed by atoms with van der Waals surface area (Å²) in [6.07, 6.45) is -2.63. The molecule has 1 fully saturated rings. The number of carboxylic acid groups (broad SMARTS) is 1. The molecule has 0 saturated carbocycles. The van der Waals surface area contributed by atoms with Crippen molar-refractivity contribution in [2.75, 3.05) is 31.7 Å². The third-order valence-electron chi connectivity index (χ3n) is 19.8. The molecule has 1 saturated heterocycles. The number of aliphatic carboxylic acids is 1. The number of aromatic amines is 1. The first-order valence-corrected chi connectivity index (χ1v) is 41.4. The fourth-order valence-corrected chi connectivity index (χ4v) is 15.4. The van der Waals surface area contributed by atoms with Crippen LogP contribution in [0.2, 0.25) is 0 Å². The molecule has 0 aliphatic carbocycles. The zero-order chi connectivity index (χ0) is 85.5. The first-order valence-electron chi connectivity index (χ1n) is 38.9. The summed E-state index contributed by atoms with van der Waals surface area (Å²) in [4.78, 5) is 182. The second kappa shape index (κ2) is 46.1. The van der Waals surface area contributed by atoms with E-state index in [0.717, 1.165) is 39.0 Å². The Balaban J connectivity index is 1.23. The van der Waals surface area contributed by atoms with E-state index in [9.17, 15) is 59.1 Å². The van der Waals surface area contributed by atoms with E-state index in [0.29, 0.717) is 57.2 Å². The number of para-hydroxylation sites is 1. The average Bonchev–Trinajstić information content (AvgIpc) is 1.47. The van der Waals surface area contributed by atoms with Crippen LogP contribution in [0.1, 0.15) is 85.9 Å². The maximum atomic E-state index is 16.0. The van der Waals surface area contributed by atoms with Crippen molar-refractivity contribution in [2.24, 2.45) is 11.5 Å². The molecule has 7 aromatic rings. The molecule has 1 aromatic heterocycles. The highest BCUT2D eigenvalue weighted by Gasteiger charge is 2.41. The van der Waals surface area contributed by atoms with E-state index in [1.165, 1.54) is 38.2 Å². The molecule has 14 atom stereocenters. The van der Waals surface area contributed by atoms with Crippen LogP contribution in [0.15, 0.2) is 170 Å². The summed E-state index contributed by atoms with van der Waals surface area (Å²) in [5.74, 6) is -13.6. The number of hydrogen-bond donors (Lipinski definition) is 19. The number of aliphatic hydroxyl groups is 3. The van der Waals surface area contributed by atoms with Gasteiger partial charge in [-0.3, -0.25) is 52.7 Å². The van der Waals surface area contributed by atoms with Gasteiger partial charge in [0.15, 0.2) is 0 Å². The predicted octanol–water partition coefficient (Wildman–Crippen LogP) is 0.492. The number of nitrogens with two attached hydrogens (primary N) is 2. The number of phenols is 1. The second-order valence-corrected chi connectivity index (χ2v) is 32.0. The number of fused-ring (bicyclic) bond motifs is 1. The maximum absolute atomic E-state index is 16.0. The van der Waals surface area contributed by atoms with Gasteiger partial charge in [0.05, 0.1) is 24.9 Å². The van der Waals surface area contributed by atoms with Crippen LogP contribution in [0.4, 0.5) is 0 Å². The quantitative estimate of drug-likeness (QED) is 0.0273. The van der Waals surface area contributed by atoms with Crippen LogP contribution in [-0.2, 0) is 103 Å². The van der Waals surface area contributed by atoms with Crippen molar-refractivity contribution < 1.29 is 83.1 Å². The SMILES string of the molecule is CC(C)NCc1ccc(C[C@H]2C(=O)N[C@@H]([C@@H](C)O)C(=O)N[C@@H](Cc3ccccc3)C(=O)N[C@@H]([C@@H](C)O)C(=O)N[C@@H](CO)C(=O)N[C@H](C(=O)O)CSSC[C@H](NC(=O)[C@@H](N)Cc3ccc(O)cc3)C(=O)N[C@@H](CCCCN)C(=O)N[C@@H](Cc3ccccc3)C(=O)N[C@@H](Cc3ccccc3)C(=O)N[C@H](Cc3c[nH]c4ccccc34)C(=O)N2C)cc1. The Kier molecular flexibility index (Phi) is 36.0. The molecule has 6 aromatic carbocycles. The lowest BCUT2D eigenvalue weighted by molar-refractivity contribution is -0.143. The number of aromatic hydroxyl groups is 1. The van der Waals surface area contributed by atoms with E-state index in [4.69, 9.17) is 11.5 Å². The minimum atomic E-state index is -1.96. The summed E-state index contributed by atoms with van der Waals surface area (Å²) in [5, 5.41) is 83.8. The average molecular weight is 1660 g/mol. The van der Waals surface area contributed by atoms with Crippen LogP contribution in [0.25, 0.3) is 10.9 Å². The number of nitrogens with one attached hydrogen (secondary N) is 12. The monoisotopic (exact) mass is 1660 g/mol. The summed E-state index contributed by atoms with van der Waals surface area (Å²) < 4.78 is 0. The van der Waals surface area contributed by atoms with Gasteiger partial charge in [-0.15, -0.1) is 0 Å². The second-order valence-electron chi connectivity index (χ2n) is 29.4. The number of nitrogens with zero attached hydrogens (tertiary/aromatic N) is 1. The van der Waals surface area contributed by atoms with Gasteiger partial charge in [-0.25, -0.2) is 4.79 Å². The smallest absolute Gasteiger partial charge is 0.327 e. The highest BCUT2D eigenvalue weighted by Crippen LogP contribution is 2.26. The zero-order valence-corrected chi connectivity index (χ0v) is 67.9. The molecule has 632 valence electrons. The Labute approximate surface area is 691 Å². The summed E-state index contributed by atoms with van der Waals surface area (Å²) in [7, 11) is 2.98. The molecule has 11 amide bonds. The number of aliphatic hydroxyl groups excluding tert-OH is 3. The van der Waals surface area contributed by atoms with Crippen molar-refractivity contribution in [3.8, 4) is 5.75 Å². The standard InChI is InChI=1S/C84H107N15O17S2/c1-48(2)87-43-56-30-28-55(29-31-56)41-70-80(111)98-72(50(4)102)81(112)92-65(40-53-23-13-8-14-24-53)77(108)97-71(49(3)101)82(113)94-67(45-100)78(109)96-69(84(115)116)47-118-117-46-68(95-73(104)60(86)37-54-32-34-58(103)35-33-54)79(110)89-62(27-17-18-36-85)74(105)90-63(38-51-19-9-6-10-20-51)75(106)91-64(39-52-21-11-7-12-22-52)76(107)93-66(83(114)99(70)5)42-57-44-88-61-26-16-15-25-59(57)61/h6-16,19-26,28-35,44,48-50,60,62-72,87-88,100-103H,17-18,27,36-43,45-47,85-86H2,1-5H3,(H,89,110)(H,90,105)(H,91,106)(H,92,112)(H,93,107)(H,94,113)(H,95,104)(H,96,109)(H,97,108)(H,98,111)(H,115,116)/t49-,50-,60+,62+,63+,64+,65+,66-,67+,68+,69+,70+,71+,72+/m1/s1. The van der Waals surface area contributed by atoms with Crippen molar-refractivity contribution in [2.45, 2.75) is 183 Å². The third kappa shape index (κ3) is 28.3. The lowest BCUT2D eigenvalue weighted by atomic mass is 9.98. The number of likely N-dealkylation sites (N-methyl/N-ethyl adjacent to an activating group) is 1. The van der Waals surface area contributed by atoms with Gasteiger partial charge >= 0.3 is 5.97 Å². The largest absolute Gasteiger partial charge is 0.508 e. The number of amides is 11. The molecule has 1 aliphatic rings. The van der Waals surface area contributed by atoms with Gasteiger partial charge in [0.25, 0.3) is 0 Å². The zero-order valence-electron chi connectivity index (χ0n) is 66.3. The number of rotatable bonds is 25. The molecule has 1 aliphatic heterocycles. The number of benzene rings is 6. The lowest BCUT2D eigenvalue weighted by Gasteiger charge is -2.33. The summed E-state index contributed by atoms with van der Waals surface area (Å²) in [6, 6.07) is 25.9. The van der Waals surface area contributed by atoms with E-state index >= 15 is 24.0 Å². The first-order chi connectivity index (χ1) is 56.5. The molecule has 0 spiro atoms. The number of phenolic OH excluding ortho intramolecular Hbond substituents is 1. The molecule has 118 heavy (non-hydrogen) atoms. The molecule has 2 heterocycles. The summed E-state index contributed by atoms with van der Waals surface area (Å²) in [5.41, 5.74) is 17.1. The van der Waals surface area contributed by atoms with Crippen LogP contribution < -0.4 is 70.0 Å². The molecule has 0 radical (unpaired) electrons. The Morgan fingerprint density at radius 1 is 0.500 bits per heavy atom. The van der Waals surface area contributed by atoms with Crippen molar-refractivity contribution in [3.05, 3.63) is 209 Å². The molecule has 0 unspecified atom stereocenters. The van der Waals surface area contributed by atoms with Crippen molar-refractivity contribution in [1.29, 1.82) is 0 Å². The highest BCUT2D eigenvalue weighted by atomic mass is 33.1. The van der Waals surface area contributed by atoms with Crippen LogP contribution in [-0.4, -0.2) is 229 Å². The fourth-order valence-electron chi connectivity index (χ4n) is 13.0. The minimum Gasteiger partial charge on any atom is -0.508 e. The van der Waals surface area contributed by atoms with E-state index in [1.807, 2.05) is 32.0 Å². The topological polar surface area (TPSA) is 509 Å². The molecule has 8 rings (SSSR count). The van der Waals surface area contributed by atoms with Crippen LogP contribution in [0.3, 0.4) is 0 Å². The van der Waals surface area contributed by atoms with Gasteiger partial charge < -0.3 is 105 Å². The Hall–Kier alpha value is -11.2. The number of carboxylic acids is 1. The number of H-pyrrole nitrogens is 1. The maximum Gasteiger partial charge on any atom is 0.327 e. The summed E-state index contributed by atoms with van der Waals surface area (Å²) in [6.45, 7) is 5.76. The summed E-state index contributed by atoms with van der Waals surface area (Å²) >= 11 is 0. The van der Waals surface area contributed by atoms with Crippen molar-refractivity contribution in [1.82, 2.24) is 68.4 Å². The van der Waals surface area contributed by atoms with E-state index in [2.05, 4.69) is 63.5 Å². The van der Waals surface area contributed by atoms with E-state index < -0.39 is 168 Å². The molecule has 32 nitrogen and oxygen atoms in total. The highest BCUT2D eigenvalue weighted by molar-refractivity contribution is 8.76. The van der Waals surface area contributed by atoms with E-state index in [1.54, 1.807) is 128 Å². The lowest BCUT2D eigenvalue weighted by Crippen LogP contribution is -2.63. The fraction of sp³-hybridized carbons (Fsp3) is 0.405.